The first kappa shape index (κ1) is 15.1. The lowest BCUT2D eigenvalue weighted by molar-refractivity contribution is -0.134. The number of nitrogens with zero attached hydrogens (tertiary/aromatic N) is 1. The zero-order chi connectivity index (χ0) is 15.2. The van der Waals surface area contributed by atoms with Crippen molar-refractivity contribution in [3.05, 3.63) is 65.7 Å². The van der Waals surface area contributed by atoms with Crippen molar-refractivity contribution in [3.63, 3.8) is 0 Å². The van der Waals surface area contributed by atoms with Crippen molar-refractivity contribution in [3.8, 4) is 5.75 Å². The van der Waals surface area contributed by atoms with Gasteiger partial charge in [0.2, 0.25) is 0 Å². The summed E-state index contributed by atoms with van der Waals surface area (Å²) in [5, 5.41) is 0. The Hall–Kier alpha value is -2.29. The van der Waals surface area contributed by atoms with E-state index in [1.807, 2.05) is 68.4 Å². The van der Waals surface area contributed by atoms with Crippen molar-refractivity contribution >= 4 is 5.91 Å². The van der Waals surface area contributed by atoms with Gasteiger partial charge < -0.3 is 9.64 Å². The number of rotatable bonds is 5. The summed E-state index contributed by atoms with van der Waals surface area (Å²) in [5.74, 6) is 0.692. The standard InChI is InChI=1S/C18H21NO2/c1-14-8-7-11-17(12-14)21-13-18(20)19(3)15(2)16-9-5-4-6-10-16/h4-12,15H,13H2,1-3H3. The molecule has 0 heterocycles. The number of carbonyl (C=O) groups excluding carboxylic acids is 1. The molecule has 21 heavy (non-hydrogen) atoms. The second kappa shape index (κ2) is 6.93. The Labute approximate surface area is 126 Å². The van der Waals surface area contributed by atoms with Gasteiger partial charge in [-0.25, -0.2) is 0 Å². The van der Waals surface area contributed by atoms with Gasteiger partial charge in [-0.3, -0.25) is 4.79 Å². The van der Waals surface area contributed by atoms with Crippen LogP contribution in [0.25, 0.3) is 0 Å². The van der Waals surface area contributed by atoms with E-state index in [-0.39, 0.29) is 18.6 Å². The first-order chi connectivity index (χ1) is 10.1. The van der Waals surface area contributed by atoms with Crippen molar-refractivity contribution in [2.75, 3.05) is 13.7 Å². The third kappa shape index (κ3) is 4.09. The van der Waals surface area contributed by atoms with Crippen LogP contribution < -0.4 is 4.74 Å². The number of carbonyl (C=O) groups is 1. The fourth-order valence-electron chi connectivity index (χ4n) is 2.12. The van der Waals surface area contributed by atoms with Crippen LogP contribution in [0, 0.1) is 6.92 Å². The Balaban J connectivity index is 1.94. The highest BCUT2D eigenvalue weighted by atomic mass is 16.5. The molecule has 1 amide bonds. The molecule has 3 heteroatoms. The molecule has 0 aliphatic heterocycles. The molecule has 0 bridgehead atoms. The van der Waals surface area contributed by atoms with Crippen molar-refractivity contribution in [1.29, 1.82) is 0 Å². The van der Waals surface area contributed by atoms with E-state index in [1.54, 1.807) is 11.9 Å². The molecule has 1 atom stereocenters. The molecular formula is C18H21NO2. The Morgan fingerprint density at radius 2 is 1.86 bits per heavy atom. The number of aryl methyl sites for hydroxylation is 1. The van der Waals surface area contributed by atoms with Crippen LogP contribution in [0.4, 0.5) is 0 Å². The van der Waals surface area contributed by atoms with Gasteiger partial charge in [-0.15, -0.1) is 0 Å². The summed E-state index contributed by atoms with van der Waals surface area (Å²) in [4.78, 5) is 13.9. The van der Waals surface area contributed by atoms with Crippen molar-refractivity contribution in [2.24, 2.45) is 0 Å². The van der Waals surface area contributed by atoms with E-state index in [4.69, 9.17) is 4.74 Å². The molecule has 2 aromatic carbocycles. The van der Waals surface area contributed by atoms with Gasteiger partial charge in [0.05, 0.1) is 6.04 Å². The molecule has 0 spiro atoms. The third-order valence-electron chi connectivity index (χ3n) is 3.61. The van der Waals surface area contributed by atoms with Crippen LogP contribution in [-0.2, 0) is 4.79 Å². The lowest BCUT2D eigenvalue weighted by Crippen LogP contribution is -2.33. The molecule has 3 nitrogen and oxygen atoms in total. The van der Waals surface area contributed by atoms with Gasteiger partial charge >= 0.3 is 0 Å². The molecule has 0 aromatic heterocycles. The Morgan fingerprint density at radius 3 is 2.52 bits per heavy atom. The quantitative estimate of drug-likeness (QED) is 0.839. The molecule has 0 fully saturated rings. The largest absolute Gasteiger partial charge is 0.484 e. The maximum absolute atomic E-state index is 12.2. The predicted octanol–water partition coefficient (Wildman–Crippen LogP) is 3.59. The van der Waals surface area contributed by atoms with Gasteiger partial charge in [0.1, 0.15) is 5.75 Å². The minimum Gasteiger partial charge on any atom is -0.484 e. The lowest BCUT2D eigenvalue weighted by atomic mass is 10.1. The van der Waals surface area contributed by atoms with Gasteiger partial charge in [-0.1, -0.05) is 42.5 Å². The monoisotopic (exact) mass is 283 g/mol. The fraction of sp³-hybridized carbons (Fsp3) is 0.278. The highest BCUT2D eigenvalue weighted by Gasteiger charge is 2.17. The Morgan fingerprint density at radius 1 is 1.14 bits per heavy atom. The predicted molar refractivity (Wildman–Crippen MR) is 84.3 cm³/mol. The Kier molecular flexibility index (Phi) is 4.99. The van der Waals surface area contributed by atoms with E-state index < -0.39 is 0 Å². The van der Waals surface area contributed by atoms with Crippen LogP contribution in [-0.4, -0.2) is 24.5 Å². The summed E-state index contributed by atoms with van der Waals surface area (Å²) >= 11 is 0. The minimum absolute atomic E-state index is 0.0276. The number of hydrogen-bond acceptors (Lipinski definition) is 2. The average molecular weight is 283 g/mol. The van der Waals surface area contributed by atoms with E-state index in [1.165, 1.54) is 0 Å². The second-order valence-electron chi connectivity index (χ2n) is 5.20. The van der Waals surface area contributed by atoms with Gasteiger partial charge in [0.25, 0.3) is 5.91 Å². The number of ether oxygens (including phenoxy) is 1. The molecule has 0 saturated heterocycles. The molecule has 0 N–H and O–H groups in total. The van der Waals surface area contributed by atoms with Gasteiger partial charge in [-0.05, 0) is 37.1 Å². The molecule has 2 aromatic rings. The van der Waals surface area contributed by atoms with E-state index in [2.05, 4.69) is 0 Å². The molecule has 1 unspecified atom stereocenters. The van der Waals surface area contributed by atoms with Gasteiger partial charge in [0, 0.05) is 7.05 Å². The number of benzene rings is 2. The highest BCUT2D eigenvalue weighted by Crippen LogP contribution is 2.18. The third-order valence-corrected chi connectivity index (χ3v) is 3.61. The maximum atomic E-state index is 12.2. The minimum atomic E-state index is -0.0344. The fourth-order valence-corrected chi connectivity index (χ4v) is 2.12. The van der Waals surface area contributed by atoms with Crippen LogP contribution in [0.1, 0.15) is 24.1 Å². The molecule has 2 rings (SSSR count). The van der Waals surface area contributed by atoms with E-state index >= 15 is 0 Å². The summed E-state index contributed by atoms with van der Waals surface area (Å²) in [6.45, 7) is 4.06. The summed E-state index contributed by atoms with van der Waals surface area (Å²) < 4.78 is 5.56. The van der Waals surface area contributed by atoms with Crippen molar-refractivity contribution in [1.82, 2.24) is 4.90 Å². The van der Waals surface area contributed by atoms with E-state index in [9.17, 15) is 4.79 Å². The molecule has 0 aliphatic carbocycles. The van der Waals surface area contributed by atoms with Crippen LogP contribution in [0.15, 0.2) is 54.6 Å². The zero-order valence-corrected chi connectivity index (χ0v) is 12.7. The first-order valence-corrected chi connectivity index (χ1v) is 7.08. The average Bonchev–Trinajstić information content (AvgIpc) is 2.52. The van der Waals surface area contributed by atoms with Crippen LogP contribution in [0.2, 0.25) is 0 Å². The van der Waals surface area contributed by atoms with Crippen LogP contribution >= 0.6 is 0 Å². The van der Waals surface area contributed by atoms with E-state index in [0.29, 0.717) is 0 Å². The number of hydrogen-bond donors (Lipinski definition) is 0. The smallest absolute Gasteiger partial charge is 0.260 e. The molecule has 110 valence electrons. The van der Waals surface area contributed by atoms with Crippen molar-refractivity contribution < 1.29 is 9.53 Å². The number of amides is 1. The molecule has 0 aliphatic rings. The number of likely N-dealkylation sites (N-methyl/N-ethyl adjacent to an activating group) is 1. The summed E-state index contributed by atoms with van der Waals surface area (Å²) in [5.41, 5.74) is 2.23. The molecular weight excluding hydrogens is 262 g/mol. The van der Waals surface area contributed by atoms with Crippen molar-refractivity contribution in [2.45, 2.75) is 19.9 Å². The molecule has 0 radical (unpaired) electrons. The lowest BCUT2D eigenvalue weighted by Gasteiger charge is -2.25. The normalized spacial score (nSPS) is 11.8. The Bertz CT molecular complexity index is 595. The van der Waals surface area contributed by atoms with Crippen LogP contribution in [0.3, 0.4) is 0 Å². The van der Waals surface area contributed by atoms with Crippen LogP contribution in [0.5, 0.6) is 5.75 Å². The summed E-state index contributed by atoms with van der Waals surface area (Å²) in [7, 11) is 1.81. The topological polar surface area (TPSA) is 29.5 Å². The summed E-state index contributed by atoms with van der Waals surface area (Å²) in [6, 6.07) is 17.7. The van der Waals surface area contributed by atoms with E-state index in [0.717, 1.165) is 16.9 Å². The zero-order valence-electron chi connectivity index (χ0n) is 12.7. The molecule has 0 saturated carbocycles. The summed E-state index contributed by atoms with van der Waals surface area (Å²) in [6.07, 6.45) is 0. The second-order valence-corrected chi connectivity index (χ2v) is 5.20. The van der Waals surface area contributed by atoms with Gasteiger partial charge in [0.15, 0.2) is 6.61 Å². The van der Waals surface area contributed by atoms with Gasteiger partial charge in [-0.2, -0.15) is 0 Å². The first-order valence-electron chi connectivity index (χ1n) is 7.08. The SMILES string of the molecule is Cc1cccc(OCC(=O)N(C)C(C)c2ccccc2)c1. The highest BCUT2D eigenvalue weighted by molar-refractivity contribution is 5.78. The maximum Gasteiger partial charge on any atom is 0.260 e.